The molecule has 0 fully saturated rings. The second-order valence-corrected chi connectivity index (χ2v) is 4.85. The number of ether oxygens (including phenoxy) is 1. The van der Waals surface area contributed by atoms with E-state index in [0.29, 0.717) is 12.2 Å². The predicted octanol–water partition coefficient (Wildman–Crippen LogP) is 2.71. The highest BCUT2D eigenvalue weighted by atomic mass is 19.1. The van der Waals surface area contributed by atoms with Gasteiger partial charge in [0, 0.05) is 6.42 Å². The summed E-state index contributed by atoms with van der Waals surface area (Å²) in [5, 5.41) is 0. The van der Waals surface area contributed by atoms with Crippen LogP contribution in [0.15, 0.2) is 41.0 Å². The van der Waals surface area contributed by atoms with Crippen LogP contribution >= 0.6 is 0 Å². The molecule has 0 radical (unpaired) electrons. The van der Waals surface area contributed by atoms with Gasteiger partial charge in [0.05, 0.1) is 18.6 Å². The van der Waals surface area contributed by atoms with E-state index in [1.54, 1.807) is 19.1 Å². The van der Waals surface area contributed by atoms with E-state index in [1.807, 2.05) is 0 Å². The number of halogens is 1. The normalized spacial score (nSPS) is 10.3. The summed E-state index contributed by atoms with van der Waals surface area (Å²) in [6.07, 6.45) is 1.06. The molecule has 0 aliphatic heterocycles. The molecular weight excluding hydrogens is 303 g/mol. The lowest BCUT2D eigenvalue weighted by Crippen LogP contribution is -2.20. The first-order valence-corrected chi connectivity index (χ1v) is 7.04. The second kappa shape index (κ2) is 7.49. The van der Waals surface area contributed by atoms with Gasteiger partial charge in [-0.25, -0.2) is 9.18 Å². The summed E-state index contributed by atoms with van der Waals surface area (Å²) in [6.45, 7) is 1.65. The maximum atomic E-state index is 12.8. The molecule has 2 rings (SSSR count). The van der Waals surface area contributed by atoms with E-state index in [4.69, 9.17) is 4.42 Å². The minimum absolute atomic E-state index is 0.0757. The largest absolute Gasteiger partial charge is 0.468 e. The molecule has 0 spiro atoms. The van der Waals surface area contributed by atoms with Crippen molar-refractivity contribution in [2.45, 2.75) is 19.8 Å². The number of hydrogen-bond acceptors (Lipinski definition) is 5. The van der Waals surface area contributed by atoms with Gasteiger partial charge in [0.15, 0.2) is 5.78 Å². The van der Waals surface area contributed by atoms with Crippen LogP contribution in [0.25, 0.3) is 0 Å². The number of ketones is 2. The Hall–Kier alpha value is -2.76. The summed E-state index contributed by atoms with van der Waals surface area (Å²) in [5.74, 6) is -2.25. The van der Waals surface area contributed by atoms with Crippen molar-refractivity contribution in [2.75, 3.05) is 6.61 Å². The zero-order chi connectivity index (χ0) is 16.8. The highest BCUT2D eigenvalue weighted by molar-refractivity contribution is 6.38. The maximum Gasteiger partial charge on any atom is 0.375 e. The van der Waals surface area contributed by atoms with Crippen molar-refractivity contribution >= 4 is 17.5 Å². The van der Waals surface area contributed by atoms with Crippen LogP contribution in [0.2, 0.25) is 0 Å². The number of Topliss-reactive ketones (excluding diaryl/α,β-unsaturated/α-hetero) is 2. The molecule has 2 aromatic rings. The third-order valence-electron chi connectivity index (χ3n) is 3.09. The van der Waals surface area contributed by atoms with Crippen LogP contribution in [0, 0.1) is 5.82 Å². The summed E-state index contributed by atoms with van der Waals surface area (Å²) < 4.78 is 22.6. The van der Waals surface area contributed by atoms with E-state index < -0.39 is 24.0 Å². The molecular formula is C17H15FO5. The smallest absolute Gasteiger partial charge is 0.375 e. The standard InChI is InChI=1S/C17H15FO5/c1-2-22-17(21)16(20)9-15(19)12-8-14(23-10-12)7-11-3-5-13(18)6-4-11/h3-6,8,10H,2,7,9H2,1H3. The highest BCUT2D eigenvalue weighted by Gasteiger charge is 2.21. The first-order chi connectivity index (χ1) is 11.0. The topological polar surface area (TPSA) is 73.6 Å². The zero-order valence-electron chi connectivity index (χ0n) is 12.5. The molecule has 120 valence electrons. The van der Waals surface area contributed by atoms with Crippen LogP contribution in [-0.4, -0.2) is 24.1 Å². The fraction of sp³-hybridized carbons (Fsp3) is 0.235. The van der Waals surface area contributed by atoms with E-state index in [9.17, 15) is 18.8 Å². The van der Waals surface area contributed by atoms with Gasteiger partial charge in [0.1, 0.15) is 17.8 Å². The van der Waals surface area contributed by atoms with E-state index in [1.165, 1.54) is 24.5 Å². The number of furan rings is 1. The molecule has 0 bridgehead atoms. The van der Waals surface area contributed by atoms with Gasteiger partial charge in [-0.2, -0.15) is 0 Å². The molecule has 1 aromatic carbocycles. The molecule has 0 amide bonds. The van der Waals surface area contributed by atoms with Gasteiger partial charge in [0.25, 0.3) is 0 Å². The van der Waals surface area contributed by atoms with Crippen LogP contribution in [-0.2, 0) is 20.7 Å². The van der Waals surface area contributed by atoms with Crippen molar-refractivity contribution in [1.82, 2.24) is 0 Å². The molecule has 6 heteroatoms. The van der Waals surface area contributed by atoms with Crippen molar-refractivity contribution in [2.24, 2.45) is 0 Å². The Morgan fingerprint density at radius 2 is 1.87 bits per heavy atom. The number of carbonyl (C=O) groups excluding carboxylic acids is 3. The second-order valence-electron chi connectivity index (χ2n) is 4.85. The molecule has 0 N–H and O–H groups in total. The summed E-state index contributed by atoms with van der Waals surface area (Å²) in [7, 11) is 0. The third kappa shape index (κ3) is 4.60. The number of benzene rings is 1. The van der Waals surface area contributed by atoms with Crippen molar-refractivity contribution in [1.29, 1.82) is 0 Å². The maximum absolute atomic E-state index is 12.8. The summed E-state index contributed by atoms with van der Waals surface area (Å²) in [5.41, 5.74) is 1.03. The number of esters is 1. The Morgan fingerprint density at radius 1 is 1.17 bits per heavy atom. The van der Waals surface area contributed by atoms with Gasteiger partial charge in [-0.1, -0.05) is 12.1 Å². The van der Waals surface area contributed by atoms with Gasteiger partial charge in [0.2, 0.25) is 5.78 Å². The Morgan fingerprint density at radius 3 is 2.52 bits per heavy atom. The number of rotatable bonds is 7. The first kappa shape index (κ1) is 16.6. The van der Waals surface area contributed by atoms with Crippen molar-refractivity contribution in [3.63, 3.8) is 0 Å². The van der Waals surface area contributed by atoms with Gasteiger partial charge < -0.3 is 9.15 Å². The highest BCUT2D eigenvalue weighted by Crippen LogP contribution is 2.15. The molecule has 0 aliphatic carbocycles. The van der Waals surface area contributed by atoms with Crippen molar-refractivity contribution in [3.05, 3.63) is 59.3 Å². The minimum atomic E-state index is -1.02. The average Bonchev–Trinajstić information content (AvgIpc) is 2.98. The lowest BCUT2D eigenvalue weighted by molar-refractivity contribution is -0.153. The third-order valence-corrected chi connectivity index (χ3v) is 3.09. The fourth-order valence-corrected chi connectivity index (χ4v) is 1.95. The van der Waals surface area contributed by atoms with Crippen LogP contribution in [0.3, 0.4) is 0 Å². The fourth-order valence-electron chi connectivity index (χ4n) is 1.95. The first-order valence-electron chi connectivity index (χ1n) is 7.04. The summed E-state index contributed by atoms with van der Waals surface area (Å²) >= 11 is 0. The SMILES string of the molecule is CCOC(=O)C(=O)CC(=O)c1coc(Cc2ccc(F)cc2)c1. The summed E-state index contributed by atoms with van der Waals surface area (Å²) in [6, 6.07) is 7.40. The monoisotopic (exact) mass is 318 g/mol. The van der Waals surface area contributed by atoms with Gasteiger partial charge in [-0.3, -0.25) is 9.59 Å². The van der Waals surface area contributed by atoms with Crippen molar-refractivity contribution < 1.29 is 27.9 Å². The number of hydrogen-bond donors (Lipinski definition) is 0. The van der Waals surface area contributed by atoms with Crippen LogP contribution in [0.5, 0.6) is 0 Å². The van der Waals surface area contributed by atoms with E-state index in [2.05, 4.69) is 4.74 Å². The average molecular weight is 318 g/mol. The predicted molar refractivity (Wildman–Crippen MR) is 78.5 cm³/mol. The molecule has 0 saturated heterocycles. The van der Waals surface area contributed by atoms with Crippen LogP contribution in [0.1, 0.15) is 35.0 Å². The molecule has 1 heterocycles. The van der Waals surface area contributed by atoms with Gasteiger partial charge in [-0.15, -0.1) is 0 Å². The lowest BCUT2D eigenvalue weighted by atomic mass is 10.1. The van der Waals surface area contributed by atoms with E-state index in [0.717, 1.165) is 5.56 Å². The molecule has 0 aliphatic rings. The Kier molecular flexibility index (Phi) is 5.41. The lowest BCUT2D eigenvalue weighted by Gasteiger charge is -1.99. The Labute approximate surface area is 132 Å². The van der Waals surface area contributed by atoms with E-state index in [-0.39, 0.29) is 18.0 Å². The van der Waals surface area contributed by atoms with Gasteiger partial charge >= 0.3 is 5.97 Å². The molecule has 23 heavy (non-hydrogen) atoms. The molecule has 0 unspecified atom stereocenters. The minimum Gasteiger partial charge on any atom is -0.468 e. The van der Waals surface area contributed by atoms with Gasteiger partial charge in [-0.05, 0) is 30.7 Å². The summed E-state index contributed by atoms with van der Waals surface area (Å²) in [4.78, 5) is 34.6. The zero-order valence-corrected chi connectivity index (χ0v) is 12.5. The molecule has 0 atom stereocenters. The molecule has 1 aromatic heterocycles. The van der Waals surface area contributed by atoms with Crippen molar-refractivity contribution in [3.8, 4) is 0 Å². The quantitative estimate of drug-likeness (QED) is 0.340. The van der Waals surface area contributed by atoms with E-state index >= 15 is 0 Å². The van der Waals surface area contributed by atoms with Crippen LogP contribution < -0.4 is 0 Å². The molecule has 0 saturated carbocycles. The Bertz CT molecular complexity index is 715. The number of carbonyl (C=O) groups is 3. The van der Waals surface area contributed by atoms with Crippen LogP contribution in [0.4, 0.5) is 4.39 Å². The Balaban J connectivity index is 1.98. The molecule has 5 nitrogen and oxygen atoms in total.